The van der Waals surface area contributed by atoms with Crippen molar-refractivity contribution in [2.45, 2.75) is 63.9 Å². The third-order valence-corrected chi connectivity index (χ3v) is 6.64. The molecule has 0 radical (unpaired) electrons. The number of hydrogen-bond acceptors (Lipinski definition) is 4. The zero-order valence-corrected chi connectivity index (χ0v) is 15.5. The van der Waals surface area contributed by atoms with Crippen molar-refractivity contribution < 1.29 is 9.84 Å². The molecule has 0 spiro atoms. The fraction of sp³-hybridized carbons (Fsp3) is 0.714. The molecule has 138 valence electrons. The molecule has 0 bridgehead atoms. The van der Waals surface area contributed by atoms with Gasteiger partial charge in [0.05, 0.1) is 12.2 Å². The summed E-state index contributed by atoms with van der Waals surface area (Å²) in [6.07, 6.45) is 3.58. The lowest BCUT2D eigenvalue weighted by Crippen LogP contribution is -2.70. The Labute approximate surface area is 151 Å². The van der Waals surface area contributed by atoms with Crippen molar-refractivity contribution in [2.24, 2.45) is 11.3 Å². The highest BCUT2D eigenvalue weighted by Gasteiger charge is 2.57. The molecule has 2 aliphatic heterocycles. The Kier molecular flexibility index (Phi) is 4.89. The van der Waals surface area contributed by atoms with Gasteiger partial charge in [0.15, 0.2) is 0 Å². The van der Waals surface area contributed by atoms with Crippen LogP contribution in [0.3, 0.4) is 0 Å². The molecule has 4 heteroatoms. The second-order valence-corrected chi connectivity index (χ2v) is 8.76. The molecular formula is C21H32N2O2. The van der Waals surface area contributed by atoms with Crippen LogP contribution in [0, 0.1) is 11.3 Å². The number of aliphatic hydroxyl groups is 1. The van der Waals surface area contributed by atoms with Gasteiger partial charge in [-0.1, -0.05) is 44.2 Å². The summed E-state index contributed by atoms with van der Waals surface area (Å²) in [6, 6.07) is 11.5. The van der Waals surface area contributed by atoms with E-state index in [2.05, 4.69) is 54.4 Å². The quantitative estimate of drug-likeness (QED) is 0.861. The predicted octanol–water partition coefficient (Wildman–Crippen LogP) is 2.41. The van der Waals surface area contributed by atoms with E-state index in [9.17, 15) is 5.11 Å². The van der Waals surface area contributed by atoms with Gasteiger partial charge in [0.25, 0.3) is 0 Å². The van der Waals surface area contributed by atoms with Gasteiger partial charge >= 0.3 is 0 Å². The van der Waals surface area contributed by atoms with Gasteiger partial charge in [-0.25, -0.2) is 0 Å². The zero-order chi connectivity index (χ0) is 17.4. The van der Waals surface area contributed by atoms with Gasteiger partial charge in [0.1, 0.15) is 0 Å². The molecule has 2 N–H and O–H groups in total. The molecule has 1 aromatic carbocycles. The number of β-amino-alcohol motifs (C(OH)–C–C–N with tert-alkyl or cyclic N) is 1. The molecule has 25 heavy (non-hydrogen) atoms. The molecule has 4 rings (SSSR count). The van der Waals surface area contributed by atoms with Crippen LogP contribution in [-0.4, -0.2) is 54.0 Å². The molecule has 1 saturated carbocycles. The molecule has 0 aromatic heterocycles. The van der Waals surface area contributed by atoms with Gasteiger partial charge in [-0.05, 0) is 24.8 Å². The predicted molar refractivity (Wildman–Crippen MR) is 99.3 cm³/mol. The normalized spacial score (nSPS) is 37.5. The van der Waals surface area contributed by atoms with Crippen LogP contribution in [-0.2, 0) is 11.3 Å². The molecule has 2 saturated heterocycles. The molecule has 1 aromatic rings. The molecule has 4 nitrogen and oxygen atoms in total. The standard InChI is InChI=1S/C21H32N2O2/c1-21(2)19(18-9-6-10-25-20(18)21)22-12-16-11-17(24)14-23(16)13-15-7-4-3-5-8-15/h3-5,7-8,16-20,22,24H,6,9-14H2,1-2H3. The summed E-state index contributed by atoms with van der Waals surface area (Å²) >= 11 is 0. The Bertz CT molecular complexity index is 577. The Morgan fingerprint density at radius 2 is 2.08 bits per heavy atom. The van der Waals surface area contributed by atoms with Gasteiger partial charge in [-0.3, -0.25) is 4.90 Å². The topological polar surface area (TPSA) is 44.7 Å². The summed E-state index contributed by atoms with van der Waals surface area (Å²) in [5, 5.41) is 14.0. The second-order valence-electron chi connectivity index (χ2n) is 8.76. The molecule has 2 heterocycles. The largest absolute Gasteiger partial charge is 0.392 e. The Morgan fingerprint density at radius 3 is 2.88 bits per heavy atom. The number of hydrogen-bond donors (Lipinski definition) is 2. The van der Waals surface area contributed by atoms with Gasteiger partial charge in [-0.15, -0.1) is 0 Å². The van der Waals surface area contributed by atoms with Crippen LogP contribution in [0.2, 0.25) is 0 Å². The summed E-state index contributed by atoms with van der Waals surface area (Å²) in [5.41, 5.74) is 1.54. The van der Waals surface area contributed by atoms with Crippen LogP contribution >= 0.6 is 0 Å². The zero-order valence-electron chi connectivity index (χ0n) is 15.5. The number of aliphatic hydroxyl groups excluding tert-OH is 1. The fourth-order valence-corrected chi connectivity index (χ4v) is 5.38. The molecule has 5 unspecified atom stereocenters. The lowest BCUT2D eigenvalue weighted by atomic mass is 9.55. The summed E-state index contributed by atoms with van der Waals surface area (Å²) in [6.45, 7) is 8.26. The molecular weight excluding hydrogens is 312 g/mol. The first-order valence-electron chi connectivity index (χ1n) is 9.86. The maximum Gasteiger partial charge on any atom is 0.0684 e. The minimum atomic E-state index is -0.198. The first-order valence-corrected chi connectivity index (χ1v) is 9.86. The van der Waals surface area contributed by atoms with E-state index in [0.29, 0.717) is 24.1 Å². The van der Waals surface area contributed by atoms with Crippen molar-refractivity contribution >= 4 is 0 Å². The lowest BCUT2D eigenvalue weighted by Gasteiger charge is -2.60. The highest BCUT2D eigenvalue weighted by molar-refractivity contribution is 5.15. The molecule has 5 atom stereocenters. The maximum absolute atomic E-state index is 10.2. The van der Waals surface area contributed by atoms with E-state index in [-0.39, 0.29) is 11.5 Å². The van der Waals surface area contributed by atoms with Crippen LogP contribution in [0.4, 0.5) is 0 Å². The van der Waals surface area contributed by atoms with Gasteiger partial charge in [0.2, 0.25) is 0 Å². The summed E-state index contributed by atoms with van der Waals surface area (Å²) in [4.78, 5) is 2.44. The third-order valence-electron chi connectivity index (χ3n) is 6.64. The van der Waals surface area contributed by atoms with E-state index in [1.54, 1.807) is 0 Å². The highest BCUT2D eigenvalue weighted by Crippen LogP contribution is 2.51. The number of nitrogens with zero attached hydrogens (tertiary/aromatic N) is 1. The van der Waals surface area contributed by atoms with E-state index in [4.69, 9.17) is 4.74 Å². The summed E-state index contributed by atoms with van der Waals surface area (Å²) in [7, 11) is 0. The van der Waals surface area contributed by atoms with Gasteiger partial charge < -0.3 is 15.2 Å². The minimum absolute atomic E-state index is 0.198. The number of rotatable bonds is 5. The van der Waals surface area contributed by atoms with Crippen LogP contribution in [0.15, 0.2) is 30.3 Å². The summed E-state index contributed by atoms with van der Waals surface area (Å²) < 4.78 is 6.02. The molecule has 0 amide bonds. The Balaban J connectivity index is 1.36. The number of nitrogens with one attached hydrogen (secondary N) is 1. The highest BCUT2D eigenvalue weighted by atomic mass is 16.5. The van der Waals surface area contributed by atoms with Crippen LogP contribution in [0.5, 0.6) is 0 Å². The number of ether oxygens (including phenoxy) is 1. The van der Waals surface area contributed by atoms with Crippen LogP contribution in [0.1, 0.15) is 38.7 Å². The average Bonchev–Trinajstić information content (AvgIpc) is 2.95. The van der Waals surface area contributed by atoms with Crippen molar-refractivity contribution in [3.63, 3.8) is 0 Å². The third kappa shape index (κ3) is 3.37. The van der Waals surface area contributed by atoms with E-state index >= 15 is 0 Å². The van der Waals surface area contributed by atoms with E-state index in [1.165, 1.54) is 18.4 Å². The van der Waals surface area contributed by atoms with Crippen molar-refractivity contribution in [1.29, 1.82) is 0 Å². The first-order chi connectivity index (χ1) is 12.1. The van der Waals surface area contributed by atoms with Gasteiger partial charge in [-0.2, -0.15) is 0 Å². The number of fused-ring (bicyclic) bond motifs is 1. The van der Waals surface area contributed by atoms with Gasteiger partial charge in [0, 0.05) is 49.7 Å². The van der Waals surface area contributed by atoms with Crippen molar-refractivity contribution in [1.82, 2.24) is 10.2 Å². The minimum Gasteiger partial charge on any atom is -0.392 e. The van der Waals surface area contributed by atoms with Crippen molar-refractivity contribution in [2.75, 3.05) is 19.7 Å². The van der Waals surface area contributed by atoms with E-state index in [1.807, 2.05) is 0 Å². The first kappa shape index (κ1) is 17.5. The van der Waals surface area contributed by atoms with Crippen molar-refractivity contribution in [3.05, 3.63) is 35.9 Å². The maximum atomic E-state index is 10.2. The van der Waals surface area contributed by atoms with E-state index < -0.39 is 0 Å². The lowest BCUT2D eigenvalue weighted by molar-refractivity contribution is -0.192. The Hall–Kier alpha value is -0.940. The Morgan fingerprint density at radius 1 is 1.28 bits per heavy atom. The van der Waals surface area contributed by atoms with Crippen LogP contribution in [0.25, 0.3) is 0 Å². The summed E-state index contributed by atoms with van der Waals surface area (Å²) in [5.74, 6) is 0.664. The van der Waals surface area contributed by atoms with Crippen molar-refractivity contribution in [3.8, 4) is 0 Å². The van der Waals surface area contributed by atoms with E-state index in [0.717, 1.165) is 32.7 Å². The molecule has 3 aliphatic rings. The monoisotopic (exact) mass is 344 g/mol. The van der Waals surface area contributed by atoms with Crippen LogP contribution < -0.4 is 5.32 Å². The average molecular weight is 344 g/mol. The SMILES string of the molecule is CC1(C)C(NCC2CC(O)CN2Cc2ccccc2)C2CCCOC21. The molecule has 3 fully saturated rings. The molecule has 1 aliphatic carbocycles. The second kappa shape index (κ2) is 6.99. The fourth-order valence-electron chi connectivity index (χ4n) is 5.38. The smallest absolute Gasteiger partial charge is 0.0684 e. The number of likely N-dealkylation sites (tertiary alicyclic amines) is 1. The number of benzene rings is 1.